The van der Waals surface area contributed by atoms with E-state index in [1.54, 1.807) is 4.90 Å². The number of hydrogen-bond donors (Lipinski definition) is 1. The van der Waals surface area contributed by atoms with Crippen molar-refractivity contribution in [1.82, 2.24) is 15.0 Å². The zero-order chi connectivity index (χ0) is 17.4. The number of carboxylic acids is 1. The van der Waals surface area contributed by atoms with Crippen molar-refractivity contribution in [2.45, 2.75) is 82.2 Å². The van der Waals surface area contributed by atoms with Gasteiger partial charge in [0.1, 0.15) is 6.04 Å². The third kappa shape index (κ3) is 3.41. The summed E-state index contributed by atoms with van der Waals surface area (Å²) in [5, 5.41) is 13.5. The maximum Gasteiger partial charge on any atom is 0.326 e. The van der Waals surface area contributed by atoms with Gasteiger partial charge in [0.15, 0.2) is 5.82 Å². The molecule has 3 aliphatic rings. The molecule has 1 saturated heterocycles. The average molecular weight is 347 g/mol. The lowest BCUT2D eigenvalue weighted by molar-refractivity contribution is -0.149. The number of rotatable bonds is 6. The molecule has 1 aromatic rings. The number of nitrogens with zero attached hydrogens (tertiary/aromatic N) is 3. The van der Waals surface area contributed by atoms with Gasteiger partial charge >= 0.3 is 5.97 Å². The fourth-order valence-electron chi connectivity index (χ4n) is 4.44. The van der Waals surface area contributed by atoms with Crippen LogP contribution in [0.4, 0.5) is 0 Å². The second-order valence-electron chi connectivity index (χ2n) is 7.68. The molecule has 1 amide bonds. The summed E-state index contributed by atoms with van der Waals surface area (Å²) in [7, 11) is 0. The Hall–Kier alpha value is -1.92. The van der Waals surface area contributed by atoms with Gasteiger partial charge in [0, 0.05) is 24.8 Å². The van der Waals surface area contributed by atoms with Crippen LogP contribution in [-0.2, 0) is 16.0 Å². The lowest BCUT2D eigenvalue weighted by Crippen LogP contribution is -2.46. The molecule has 2 saturated carbocycles. The van der Waals surface area contributed by atoms with Crippen LogP contribution in [0.15, 0.2) is 4.52 Å². The molecule has 7 nitrogen and oxygen atoms in total. The number of likely N-dealkylation sites (tertiary alicyclic amines) is 1. The second-order valence-corrected chi connectivity index (χ2v) is 7.68. The van der Waals surface area contributed by atoms with Crippen LogP contribution in [0.2, 0.25) is 0 Å². The predicted molar refractivity (Wildman–Crippen MR) is 87.8 cm³/mol. The fraction of sp³-hybridized carbons (Fsp3) is 0.778. The van der Waals surface area contributed by atoms with Crippen LogP contribution in [0.5, 0.6) is 0 Å². The lowest BCUT2D eigenvalue weighted by Gasteiger charge is -2.33. The average Bonchev–Trinajstić information content (AvgIpc) is 3.21. The fourth-order valence-corrected chi connectivity index (χ4v) is 4.44. The van der Waals surface area contributed by atoms with Crippen LogP contribution in [0.3, 0.4) is 0 Å². The number of hydrogen-bond acceptors (Lipinski definition) is 5. The monoisotopic (exact) mass is 347 g/mol. The van der Waals surface area contributed by atoms with Crippen molar-refractivity contribution in [2.75, 3.05) is 0 Å². The first kappa shape index (κ1) is 16.5. The number of carbonyl (C=O) groups excluding carboxylic acids is 1. The molecule has 3 fully saturated rings. The van der Waals surface area contributed by atoms with Gasteiger partial charge in [0.25, 0.3) is 0 Å². The zero-order valence-corrected chi connectivity index (χ0v) is 14.4. The van der Waals surface area contributed by atoms with Gasteiger partial charge in [-0.15, -0.1) is 0 Å². The number of aromatic nitrogens is 2. The summed E-state index contributed by atoms with van der Waals surface area (Å²) in [6.07, 6.45) is 8.62. The van der Waals surface area contributed by atoms with Gasteiger partial charge in [-0.1, -0.05) is 18.0 Å². The standard InChI is InChI=1S/C18H25N3O4/c22-16(7-3-6-15-19-17(20-25-15)11-8-9-11)21-13-5-2-1-4-12(13)10-14(21)18(23)24/h11-14H,1-10H2,(H,23,24)/t12-,13-,14+/m1/s1. The summed E-state index contributed by atoms with van der Waals surface area (Å²) in [5.74, 6) is 1.29. The molecule has 2 aliphatic carbocycles. The highest BCUT2D eigenvalue weighted by Gasteiger charge is 2.47. The third-order valence-electron chi connectivity index (χ3n) is 5.87. The van der Waals surface area contributed by atoms with Gasteiger partial charge in [-0.25, -0.2) is 4.79 Å². The molecule has 0 unspecified atom stereocenters. The molecule has 2 heterocycles. The second kappa shape index (κ2) is 6.77. The number of carboxylic acid groups (broad SMARTS) is 1. The molecular weight excluding hydrogens is 322 g/mol. The molecule has 25 heavy (non-hydrogen) atoms. The van der Waals surface area contributed by atoms with Gasteiger partial charge < -0.3 is 14.5 Å². The number of aliphatic carboxylic acids is 1. The Morgan fingerprint density at radius 3 is 2.76 bits per heavy atom. The van der Waals surface area contributed by atoms with E-state index in [-0.39, 0.29) is 11.9 Å². The topological polar surface area (TPSA) is 96.5 Å². The van der Waals surface area contributed by atoms with Crippen molar-refractivity contribution in [3.8, 4) is 0 Å². The minimum absolute atomic E-state index is 0.0382. The Morgan fingerprint density at radius 1 is 1.20 bits per heavy atom. The molecular formula is C18H25N3O4. The predicted octanol–water partition coefficient (Wildman–Crippen LogP) is 2.51. The minimum atomic E-state index is -0.867. The molecule has 1 aromatic heterocycles. The molecule has 3 atom stereocenters. The Morgan fingerprint density at radius 2 is 2.00 bits per heavy atom. The van der Waals surface area contributed by atoms with E-state index in [1.165, 1.54) is 0 Å². The van der Waals surface area contributed by atoms with Gasteiger partial charge in [-0.05, 0) is 44.4 Å². The quantitative estimate of drug-likeness (QED) is 0.849. The van der Waals surface area contributed by atoms with Crippen LogP contribution < -0.4 is 0 Å². The molecule has 1 aliphatic heterocycles. The number of fused-ring (bicyclic) bond motifs is 1. The molecule has 0 radical (unpaired) electrons. The van der Waals surface area contributed by atoms with Gasteiger partial charge in [0.2, 0.25) is 11.8 Å². The molecule has 7 heteroatoms. The normalized spacial score (nSPS) is 28.8. The van der Waals surface area contributed by atoms with Crippen LogP contribution in [0.25, 0.3) is 0 Å². The largest absolute Gasteiger partial charge is 0.480 e. The molecule has 0 spiro atoms. The van der Waals surface area contributed by atoms with E-state index < -0.39 is 12.0 Å². The minimum Gasteiger partial charge on any atom is -0.480 e. The highest BCUT2D eigenvalue weighted by atomic mass is 16.5. The van der Waals surface area contributed by atoms with E-state index in [0.717, 1.165) is 44.3 Å². The highest BCUT2D eigenvalue weighted by molar-refractivity contribution is 5.84. The van der Waals surface area contributed by atoms with Crippen molar-refractivity contribution in [3.05, 3.63) is 11.7 Å². The van der Waals surface area contributed by atoms with Crippen LogP contribution >= 0.6 is 0 Å². The van der Waals surface area contributed by atoms with Crippen molar-refractivity contribution >= 4 is 11.9 Å². The maximum absolute atomic E-state index is 12.7. The van der Waals surface area contributed by atoms with E-state index in [9.17, 15) is 14.7 Å². The lowest BCUT2D eigenvalue weighted by atomic mass is 9.84. The SMILES string of the molecule is O=C(O)[C@@H]1C[C@H]2CCCC[C@H]2N1C(=O)CCCc1nc(C2CC2)no1. The van der Waals surface area contributed by atoms with Crippen molar-refractivity contribution < 1.29 is 19.2 Å². The first-order valence-electron chi connectivity index (χ1n) is 9.50. The molecule has 0 aromatic carbocycles. The van der Waals surface area contributed by atoms with E-state index in [2.05, 4.69) is 10.1 Å². The summed E-state index contributed by atoms with van der Waals surface area (Å²) in [4.78, 5) is 30.4. The first-order valence-corrected chi connectivity index (χ1v) is 9.50. The number of aryl methyl sites for hydroxylation is 1. The summed E-state index contributed by atoms with van der Waals surface area (Å²) >= 11 is 0. The van der Waals surface area contributed by atoms with E-state index in [1.807, 2.05) is 0 Å². The summed E-state index contributed by atoms with van der Waals surface area (Å²) in [5.41, 5.74) is 0. The first-order chi connectivity index (χ1) is 12.1. The molecule has 0 bridgehead atoms. The summed E-state index contributed by atoms with van der Waals surface area (Å²) < 4.78 is 5.24. The Kier molecular flexibility index (Phi) is 4.48. The highest BCUT2D eigenvalue weighted by Crippen LogP contribution is 2.40. The van der Waals surface area contributed by atoms with Gasteiger partial charge in [-0.3, -0.25) is 4.79 Å². The third-order valence-corrected chi connectivity index (χ3v) is 5.87. The van der Waals surface area contributed by atoms with Crippen molar-refractivity contribution in [1.29, 1.82) is 0 Å². The van der Waals surface area contributed by atoms with E-state index in [4.69, 9.17) is 4.52 Å². The van der Waals surface area contributed by atoms with Crippen LogP contribution in [0, 0.1) is 5.92 Å². The Labute approximate surface area is 146 Å². The smallest absolute Gasteiger partial charge is 0.326 e. The van der Waals surface area contributed by atoms with Crippen LogP contribution in [0.1, 0.15) is 75.4 Å². The van der Waals surface area contributed by atoms with Gasteiger partial charge in [-0.2, -0.15) is 4.98 Å². The Bertz CT molecular complexity index is 655. The Balaban J connectivity index is 1.34. The van der Waals surface area contributed by atoms with E-state index >= 15 is 0 Å². The number of amides is 1. The maximum atomic E-state index is 12.7. The van der Waals surface area contributed by atoms with Crippen LogP contribution in [-0.4, -0.2) is 44.1 Å². The zero-order valence-electron chi connectivity index (χ0n) is 14.4. The molecule has 136 valence electrons. The van der Waals surface area contributed by atoms with E-state index in [0.29, 0.717) is 43.4 Å². The summed E-state index contributed by atoms with van der Waals surface area (Å²) in [6.45, 7) is 0. The summed E-state index contributed by atoms with van der Waals surface area (Å²) in [6, 6.07) is -0.530. The molecule has 4 rings (SSSR count). The molecule has 1 N–H and O–H groups in total. The van der Waals surface area contributed by atoms with Crippen molar-refractivity contribution in [3.63, 3.8) is 0 Å². The van der Waals surface area contributed by atoms with Gasteiger partial charge in [0.05, 0.1) is 0 Å². The van der Waals surface area contributed by atoms with Crippen molar-refractivity contribution in [2.24, 2.45) is 5.92 Å². The number of carbonyl (C=O) groups is 2.